The molecule has 0 aromatic carbocycles. The van der Waals surface area contributed by atoms with Gasteiger partial charge < -0.3 is 10.6 Å². The van der Waals surface area contributed by atoms with Crippen LogP contribution in [0.5, 0.6) is 0 Å². The number of amides is 1. The largest absolute Gasteiger partial charge is 0.355 e. The molecule has 3 unspecified atom stereocenters. The number of aryl methyl sites for hydroxylation is 3. The van der Waals surface area contributed by atoms with E-state index in [0.29, 0.717) is 6.04 Å². The molecule has 1 aromatic rings. The molecule has 6 heteroatoms. The van der Waals surface area contributed by atoms with Gasteiger partial charge in [-0.1, -0.05) is 12.8 Å². The molecular weight excluding hydrogens is 312 g/mol. The molecule has 2 heterocycles. The number of halogens is 1. The van der Waals surface area contributed by atoms with E-state index in [1.165, 1.54) is 31.4 Å². The van der Waals surface area contributed by atoms with Crippen LogP contribution >= 0.6 is 12.4 Å². The Labute approximate surface area is 145 Å². The lowest BCUT2D eigenvalue weighted by Crippen LogP contribution is -2.43. The molecule has 3 atom stereocenters. The van der Waals surface area contributed by atoms with Crippen LogP contribution in [0.1, 0.15) is 49.9 Å². The van der Waals surface area contributed by atoms with Crippen LogP contribution in [0.15, 0.2) is 6.07 Å². The van der Waals surface area contributed by atoms with Crippen LogP contribution in [0.4, 0.5) is 0 Å². The third kappa shape index (κ3) is 4.48. The van der Waals surface area contributed by atoms with Gasteiger partial charge in [-0.15, -0.1) is 12.4 Å². The molecule has 1 saturated heterocycles. The molecule has 5 nitrogen and oxygen atoms in total. The van der Waals surface area contributed by atoms with Crippen molar-refractivity contribution >= 4 is 18.3 Å². The van der Waals surface area contributed by atoms with Crippen molar-refractivity contribution in [3.8, 4) is 0 Å². The van der Waals surface area contributed by atoms with Crippen LogP contribution in [-0.4, -0.2) is 34.3 Å². The number of hydrogen-bond donors (Lipinski definition) is 2. The van der Waals surface area contributed by atoms with E-state index in [9.17, 15) is 4.79 Å². The highest BCUT2D eigenvalue weighted by Gasteiger charge is 2.37. The van der Waals surface area contributed by atoms with E-state index in [2.05, 4.69) is 28.7 Å². The summed E-state index contributed by atoms with van der Waals surface area (Å²) in [7, 11) is 0. The molecule has 23 heavy (non-hydrogen) atoms. The Kier molecular flexibility index (Phi) is 6.48. The molecule has 1 aromatic heterocycles. The number of nitrogens with zero attached hydrogens (tertiary/aromatic N) is 2. The van der Waals surface area contributed by atoms with Crippen molar-refractivity contribution in [3.05, 3.63) is 17.5 Å². The van der Waals surface area contributed by atoms with Gasteiger partial charge in [0, 0.05) is 24.8 Å². The highest BCUT2D eigenvalue weighted by Crippen LogP contribution is 2.33. The second-order valence-corrected chi connectivity index (χ2v) is 6.90. The zero-order valence-electron chi connectivity index (χ0n) is 14.2. The first-order chi connectivity index (χ1) is 10.6. The minimum absolute atomic E-state index is 0. The number of carbonyl (C=O) groups excluding carboxylic acids is 1. The standard InChI is InChI=1S/C17H28N4O.ClH/c1-12-10-13(2)21(20-12)9-5-8-18-17(22)16-11-14-6-3-4-7-15(14)19-16;/h10,14-16,19H,3-9,11H2,1-2H3,(H,18,22);1H. The Morgan fingerprint density at radius 2 is 2.17 bits per heavy atom. The van der Waals surface area contributed by atoms with E-state index < -0.39 is 0 Å². The lowest BCUT2D eigenvalue weighted by atomic mass is 9.85. The SMILES string of the molecule is Cc1cc(C)n(CCCNC(=O)C2CC3CCCCC3N2)n1.Cl. The molecule has 1 aliphatic heterocycles. The van der Waals surface area contributed by atoms with Crippen molar-refractivity contribution in [3.63, 3.8) is 0 Å². The van der Waals surface area contributed by atoms with Gasteiger partial charge in [-0.05, 0) is 51.5 Å². The number of fused-ring (bicyclic) bond motifs is 1. The Bertz CT molecular complexity index is 517. The van der Waals surface area contributed by atoms with Crippen LogP contribution in [-0.2, 0) is 11.3 Å². The molecule has 0 spiro atoms. The fourth-order valence-electron chi connectivity index (χ4n) is 3.99. The molecule has 0 radical (unpaired) electrons. The quantitative estimate of drug-likeness (QED) is 0.809. The highest BCUT2D eigenvalue weighted by atomic mass is 35.5. The summed E-state index contributed by atoms with van der Waals surface area (Å²) < 4.78 is 2.02. The monoisotopic (exact) mass is 340 g/mol. The Morgan fingerprint density at radius 1 is 1.39 bits per heavy atom. The van der Waals surface area contributed by atoms with Crippen molar-refractivity contribution in [2.45, 2.75) is 71.0 Å². The fraction of sp³-hybridized carbons (Fsp3) is 0.765. The minimum atomic E-state index is 0. The van der Waals surface area contributed by atoms with Crippen LogP contribution in [0.3, 0.4) is 0 Å². The summed E-state index contributed by atoms with van der Waals surface area (Å²) >= 11 is 0. The number of nitrogens with one attached hydrogen (secondary N) is 2. The second-order valence-electron chi connectivity index (χ2n) is 6.90. The number of rotatable bonds is 5. The summed E-state index contributed by atoms with van der Waals surface area (Å²) in [6.45, 7) is 5.67. The van der Waals surface area contributed by atoms with Gasteiger partial charge in [0.25, 0.3) is 0 Å². The van der Waals surface area contributed by atoms with Gasteiger partial charge >= 0.3 is 0 Å². The highest BCUT2D eigenvalue weighted by molar-refractivity contribution is 5.85. The van der Waals surface area contributed by atoms with Crippen LogP contribution in [0, 0.1) is 19.8 Å². The molecule has 0 bridgehead atoms. The first-order valence-electron chi connectivity index (χ1n) is 8.68. The average molecular weight is 341 g/mol. The zero-order chi connectivity index (χ0) is 15.5. The fourth-order valence-corrected chi connectivity index (χ4v) is 3.99. The van der Waals surface area contributed by atoms with Crippen LogP contribution in [0.2, 0.25) is 0 Å². The minimum Gasteiger partial charge on any atom is -0.355 e. The summed E-state index contributed by atoms with van der Waals surface area (Å²) in [4.78, 5) is 12.3. The third-order valence-corrected chi connectivity index (χ3v) is 5.13. The molecule has 1 amide bonds. The lowest BCUT2D eigenvalue weighted by molar-refractivity contribution is -0.122. The molecular formula is C17H29ClN4O. The van der Waals surface area contributed by atoms with Crippen LogP contribution < -0.4 is 10.6 Å². The zero-order valence-corrected chi connectivity index (χ0v) is 15.0. The van der Waals surface area contributed by atoms with Gasteiger partial charge in [0.05, 0.1) is 11.7 Å². The maximum atomic E-state index is 12.3. The maximum Gasteiger partial charge on any atom is 0.237 e. The molecule has 2 aliphatic rings. The van der Waals surface area contributed by atoms with E-state index in [4.69, 9.17) is 0 Å². The topological polar surface area (TPSA) is 59.0 Å². The Morgan fingerprint density at radius 3 is 2.87 bits per heavy atom. The summed E-state index contributed by atoms with van der Waals surface area (Å²) in [5.74, 6) is 0.905. The Hall–Kier alpha value is -1.07. The molecule has 2 N–H and O–H groups in total. The van der Waals surface area contributed by atoms with Gasteiger partial charge in [0.15, 0.2) is 0 Å². The molecule has 2 fully saturated rings. The lowest BCUT2D eigenvalue weighted by Gasteiger charge is -2.24. The predicted octanol–water partition coefficient (Wildman–Crippen LogP) is 2.35. The first kappa shape index (κ1) is 18.3. The smallest absolute Gasteiger partial charge is 0.237 e. The summed E-state index contributed by atoms with van der Waals surface area (Å²) in [5.41, 5.74) is 2.24. The summed E-state index contributed by atoms with van der Waals surface area (Å²) in [6.07, 6.45) is 7.12. The second kappa shape index (κ2) is 8.15. The van der Waals surface area contributed by atoms with E-state index in [1.54, 1.807) is 0 Å². The molecule has 130 valence electrons. The van der Waals surface area contributed by atoms with Crippen LogP contribution in [0.25, 0.3) is 0 Å². The van der Waals surface area contributed by atoms with Crippen molar-refractivity contribution in [1.82, 2.24) is 20.4 Å². The summed E-state index contributed by atoms with van der Waals surface area (Å²) in [6, 6.07) is 2.70. The van der Waals surface area contributed by atoms with Gasteiger partial charge in [-0.25, -0.2) is 0 Å². The number of carbonyl (C=O) groups is 1. The maximum absolute atomic E-state index is 12.3. The average Bonchev–Trinajstić information content (AvgIpc) is 3.06. The molecule has 3 rings (SSSR count). The van der Waals surface area contributed by atoms with Gasteiger partial charge in [-0.3, -0.25) is 9.48 Å². The number of hydrogen-bond acceptors (Lipinski definition) is 3. The van der Waals surface area contributed by atoms with Crippen molar-refractivity contribution in [1.29, 1.82) is 0 Å². The van der Waals surface area contributed by atoms with E-state index >= 15 is 0 Å². The van der Waals surface area contributed by atoms with Gasteiger partial charge in [0.1, 0.15) is 0 Å². The van der Waals surface area contributed by atoms with Gasteiger partial charge in [0.2, 0.25) is 5.91 Å². The van der Waals surface area contributed by atoms with Crippen molar-refractivity contribution in [2.24, 2.45) is 5.92 Å². The molecule has 1 saturated carbocycles. The first-order valence-corrected chi connectivity index (χ1v) is 8.68. The van der Waals surface area contributed by atoms with Crippen molar-refractivity contribution in [2.75, 3.05) is 6.54 Å². The Balaban J connectivity index is 0.00000192. The van der Waals surface area contributed by atoms with E-state index in [-0.39, 0.29) is 24.4 Å². The molecule has 1 aliphatic carbocycles. The third-order valence-electron chi connectivity index (χ3n) is 5.13. The van der Waals surface area contributed by atoms with E-state index in [0.717, 1.165) is 37.5 Å². The van der Waals surface area contributed by atoms with Gasteiger partial charge in [-0.2, -0.15) is 5.10 Å². The number of aromatic nitrogens is 2. The van der Waals surface area contributed by atoms with E-state index in [1.807, 2.05) is 11.6 Å². The summed E-state index contributed by atoms with van der Waals surface area (Å²) in [5, 5.41) is 11.1. The van der Waals surface area contributed by atoms with Crippen molar-refractivity contribution < 1.29 is 4.79 Å². The predicted molar refractivity (Wildman–Crippen MR) is 93.9 cm³/mol. The normalized spacial score (nSPS) is 26.4.